The van der Waals surface area contributed by atoms with Gasteiger partial charge in [-0.1, -0.05) is 60.1 Å². The number of hydrogen-bond acceptors (Lipinski definition) is 4. The second kappa shape index (κ2) is 10.4. The van der Waals surface area contributed by atoms with E-state index in [9.17, 15) is 4.79 Å². The van der Waals surface area contributed by atoms with Crippen molar-refractivity contribution < 1.29 is 4.79 Å². The van der Waals surface area contributed by atoms with Crippen LogP contribution in [-0.2, 0) is 4.79 Å². The molecular formula is C28H29ClN4O. The molecule has 0 unspecified atom stereocenters. The SMILES string of the molecule is O=C1CN=C(c2ccccc2)c2cc(Cl)ccc2N1CCCN1CCN(c2ccccc2)CC1. The van der Waals surface area contributed by atoms with Gasteiger partial charge in [0.1, 0.15) is 6.54 Å². The third kappa shape index (κ3) is 5.01. The van der Waals surface area contributed by atoms with Crippen LogP contribution in [0.25, 0.3) is 0 Å². The van der Waals surface area contributed by atoms with Crippen LogP contribution in [0.2, 0.25) is 5.02 Å². The van der Waals surface area contributed by atoms with E-state index in [1.807, 2.05) is 53.4 Å². The summed E-state index contributed by atoms with van der Waals surface area (Å²) in [5, 5.41) is 0.646. The van der Waals surface area contributed by atoms with E-state index in [1.54, 1.807) is 0 Å². The quantitative estimate of drug-likeness (QED) is 0.520. The Balaban J connectivity index is 1.25. The van der Waals surface area contributed by atoms with E-state index in [1.165, 1.54) is 5.69 Å². The van der Waals surface area contributed by atoms with Gasteiger partial charge in [-0.3, -0.25) is 14.7 Å². The number of fused-ring (bicyclic) bond motifs is 1. The Morgan fingerprint density at radius 3 is 2.26 bits per heavy atom. The second-order valence-corrected chi connectivity index (χ2v) is 9.19. The molecule has 2 aliphatic heterocycles. The molecule has 5 rings (SSSR count). The first-order chi connectivity index (χ1) is 16.7. The molecule has 0 saturated carbocycles. The number of carbonyl (C=O) groups excluding carboxylic acids is 1. The van der Waals surface area contributed by atoms with Gasteiger partial charge in [0.15, 0.2) is 0 Å². The highest BCUT2D eigenvalue weighted by Crippen LogP contribution is 2.30. The maximum Gasteiger partial charge on any atom is 0.248 e. The summed E-state index contributed by atoms with van der Waals surface area (Å²) in [4.78, 5) is 24.6. The Labute approximate surface area is 206 Å². The van der Waals surface area contributed by atoms with E-state index in [-0.39, 0.29) is 12.5 Å². The molecule has 174 valence electrons. The summed E-state index contributed by atoms with van der Waals surface area (Å²) in [6, 6.07) is 26.4. The minimum absolute atomic E-state index is 0.0309. The van der Waals surface area contributed by atoms with E-state index in [0.29, 0.717) is 11.6 Å². The zero-order valence-corrected chi connectivity index (χ0v) is 20.0. The Hall–Kier alpha value is -3.15. The van der Waals surface area contributed by atoms with Crippen molar-refractivity contribution in [1.29, 1.82) is 0 Å². The van der Waals surface area contributed by atoms with Gasteiger partial charge in [-0.15, -0.1) is 0 Å². The van der Waals surface area contributed by atoms with Crippen molar-refractivity contribution >= 4 is 34.6 Å². The van der Waals surface area contributed by atoms with Crippen LogP contribution in [0.5, 0.6) is 0 Å². The van der Waals surface area contributed by atoms with Crippen molar-refractivity contribution in [1.82, 2.24) is 4.90 Å². The number of piperazine rings is 1. The number of anilines is 2. The molecule has 3 aromatic rings. The number of nitrogens with zero attached hydrogens (tertiary/aromatic N) is 4. The van der Waals surface area contributed by atoms with E-state index < -0.39 is 0 Å². The molecule has 0 radical (unpaired) electrons. The van der Waals surface area contributed by atoms with Gasteiger partial charge in [0.2, 0.25) is 5.91 Å². The summed E-state index contributed by atoms with van der Waals surface area (Å²) >= 11 is 6.36. The van der Waals surface area contributed by atoms with E-state index in [4.69, 9.17) is 16.6 Å². The zero-order valence-electron chi connectivity index (χ0n) is 19.2. The van der Waals surface area contributed by atoms with Gasteiger partial charge < -0.3 is 9.80 Å². The van der Waals surface area contributed by atoms with Crippen LogP contribution in [0.4, 0.5) is 11.4 Å². The number of benzene rings is 3. The molecule has 1 amide bonds. The van der Waals surface area contributed by atoms with E-state index in [0.717, 1.165) is 61.7 Å². The fraction of sp³-hybridized carbons (Fsp3) is 0.286. The average Bonchev–Trinajstić information content (AvgIpc) is 3.01. The summed E-state index contributed by atoms with van der Waals surface area (Å²) in [6.07, 6.45) is 0.916. The third-order valence-corrected chi connectivity index (χ3v) is 6.81. The predicted molar refractivity (Wildman–Crippen MR) is 140 cm³/mol. The van der Waals surface area contributed by atoms with Crippen LogP contribution >= 0.6 is 11.6 Å². The Bertz CT molecular complexity index is 1160. The van der Waals surface area contributed by atoms with Gasteiger partial charge >= 0.3 is 0 Å². The smallest absolute Gasteiger partial charge is 0.248 e. The fourth-order valence-corrected chi connectivity index (χ4v) is 4.97. The lowest BCUT2D eigenvalue weighted by molar-refractivity contribution is -0.117. The summed E-state index contributed by atoms with van der Waals surface area (Å²) in [7, 11) is 0. The number of hydrogen-bond donors (Lipinski definition) is 0. The van der Waals surface area contributed by atoms with Gasteiger partial charge in [0.25, 0.3) is 0 Å². The number of amides is 1. The maximum atomic E-state index is 13.1. The molecule has 3 aromatic carbocycles. The topological polar surface area (TPSA) is 39.2 Å². The molecule has 0 aromatic heterocycles. The second-order valence-electron chi connectivity index (χ2n) is 8.76. The van der Waals surface area contributed by atoms with Gasteiger partial charge in [0.05, 0.1) is 11.4 Å². The van der Waals surface area contributed by atoms with Gasteiger partial charge in [-0.2, -0.15) is 0 Å². The van der Waals surface area contributed by atoms with Crippen molar-refractivity contribution in [3.8, 4) is 0 Å². The van der Waals surface area contributed by atoms with Crippen molar-refractivity contribution in [2.45, 2.75) is 6.42 Å². The number of para-hydroxylation sites is 1. The Kier molecular flexibility index (Phi) is 6.93. The molecule has 0 bridgehead atoms. The monoisotopic (exact) mass is 472 g/mol. The highest BCUT2D eigenvalue weighted by molar-refractivity contribution is 6.32. The first kappa shape index (κ1) is 22.6. The largest absolute Gasteiger partial charge is 0.369 e. The highest BCUT2D eigenvalue weighted by Gasteiger charge is 2.25. The molecule has 6 heteroatoms. The Morgan fingerprint density at radius 2 is 1.53 bits per heavy atom. The molecule has 34 heavy (non-hydrogen) atoms. The predicted octanol–water partition coefficient (Wildman–Crippen LogP) is 4.74. The summed E-state index contributed by atoms with van der Waals surface area (Å²) in [5.41, 5.74) is 4.93. The molecule has 1 saturated heterocycles. The third-order valence-electron chi connectivity index (χ3n) is 6.57. The minimum atomic E-state index is 0.0309. The van der Waals surface area contributed by atoms with Crippen LogP contribution in [-0.4, -0.2) is 62.3 Å². The lowest BCUT2D eigenvalue weighted by atomic mass is 10.00. The van der Waals surface area contributed by atoms with Crippen molar-refractivity contribution in [3.05, 3.63) is 95.0 Å². The molecule has 0 aliphatic carbocycles. The maximum absolute atomic E-state index is 13.1. The number of benzodiazepines with no additional fused rings is 1. The molecule has 0 atom stereocenters. The molecule has 0 spiro atoms. The molecule has 0 N–H and O–H groups in total. The number of aliphatic imine (C=N–C) groups is 1. The van der Waals surface area contributed by atoms with E-state index >= 15 is 0 Å². The molecule has 1 fully saturated rings. The van der Waals surface area contributed by atoms with Gasteiger partial charge in [0, 0.05) is 54.6 Å². The van der Waals surface area contributed by atoms with Crippen LogP contribution in [0.15, 0.2) is 83.9 Å². The molecule has 5 nitrogen and oxygen atoms in total. The summed E-state index contributed by atoms with van der Waals surface area (Å²) in [6.45, 7) is 5.93. The van der Waals surface area contributed by atoms with Crippen molar-refractivity contribution in [2.75, 3.05) is 55.6 Å². The average molecular weight is 473 g/mol. The summed E-state index contributed by atoms with van der Waals surface area (Å²) in [5.74, 6) is 0.0309. The Morgan fingerprint density at radius 1 is 0.824 bits per heavy atom. The van der Waals surface area contributed by atoms with Crippen LogP contribution < -0.4 is 9.80 Å². The normalized spacial score (nSPS) is 16.7. The number of carbonyl (C=O) groups is 1. The van der Waals surface area contributed by atoms with Crippen molar-refractivity contribution in [2.24, 2.45) is 4.99 Å². The molecule has 2 aliphatic rings. The minimum Gasteiger partial charge on any atom is -0.369 e. The highest BCUT2D eigenvalue weighted by atomic mass is 35.5. The standard InChI is InChI=1S/C28H29ClN4O/c29-23-12-13-26-25(20-23)28(22-8-3-1-4-9-22)30-21-27(34)33(26)15-7-14-31-16-18-32(19-17-31)24-10-5-2-6-11-24/h1-6,8-13,20H,7,14-19,21H2. The van der Waals surface area contributed by atoms with Crippen LogP contribution in [0.3, 0.4) is 0 Å². The lowest BCUT2D eigenvalue weighted by Gasteiger charge is -2.36. The van der Waals surface area contributed by atoms with Crippen LogP contribution in [0.1, 0.15) is 17.5 Å². The number of halogens is 1. The zero-order chi connectivity index (χ0) is 23.3. The summed E-state index contributed by atoms with van der Waals surface area (Å²) < 4.78 is 0. The molecular weight excluding hydrogens is 444 g/mol. The fourth-order valence-electron chi connectivity index (χ4n) is 4.79. The lowest BCUT2D eigenvalue weighted by Crippen LogP contribution is -2.47. The van der Waals surface area contributed by atoms with E-state index in [2.05, 4.69) is 40.1 Å². The van der Waals surface area contributed by atoms with Gasteiger partial charge in [-0.25, -0.2) is 0 Å². The van der Waals surface area contributed by atoms with Crippen molar-refractivity contribution in [3.63, 3.8) is 0 Å². The first-order valence-corrected chi connectivity index (χ1v) is 12.3. The first-order valence-electron chi connectivity index (χ1n) is 11.9. The van der Waals surface area contributed by atoms with Crippen LogP contribution in [0, 0.1) is 0 Å². The molecule has 2 heterocycles. The number of rotatable bonds is 6. The van der Waals surface area contributed by atoms with Gasteiger partial charge in [-0.05, 0) is 43.3 Å².